The molecule has 2 amide bonds. The van der Waals surface area contributed by atoms with Crippen LogP contribution in [0.15, 0.2) is 30.3 Å². The molecule has 6 heteroatoms. The molecule has 1 aromatic carbocycles. The highest BCUT2D eigenvalue weighted by Crippen LogP contribution is 2.41. The Kier molecular flexibility index (Phi) is 5.71. The molecule has 0 unspecified atom stereocenters. The van der Waals surface area contributed by atoms with Gasteiger partial charge in [0.25, 0.3) is 0 Å². The van der Waals surface area contributed by atoms with Crippen molar-refractivity contribution in [3.63, 3.8) is 0 Å². The van der Waals surface area contributed by atoms with Gasteiger partial charge in [0.05, 0.1) is 6.04 Å². The topological polar surface area (TPSA) is 65.1 Å². The summed E-state index contributed by atoms with van der Waals surface area (Å²) < 4.78 is 15.7. The fourth-order valence-corrected chi connectivity index (χ4v) is 3.44. The van der Waals surface area contributed by atoms with E-state index in [-0.39, 0.29) is 24.5 Å². The van der Waals surface area contributed by atoms with Gasteiger partial charge in [0.1, 0.15) is 6.61 Å². The summed E-state index contributed by atoms with van der Waals surface area (Å²) in [5.41, 5.74) is 1.08. The lowest BCUT2D eigenvalue weighted by molar-refractivity contribution is -0.144. The average molecular weight is 347 g/mol. The van der Waals surface area contributed by atoms with E-state index in [1.807, 2.05) is 30.3 Å². The highest BCUT2D eigenvalue weighted by Gasteiger charge is 2.46. The van der Waals surface area contributed by atoms with Gasteiger partial charge in [-0.05, 0) is 30.7 Å². The number of hydrogen-bond donors (Lipinski definition) is 0. The number of nitrogens with zero attached hydrogens (tertiary/aromatic N) is 1. The van der Waals surface area contributed by atoms with Crippen LogP contribution in [0, 0.1) is 11.8 Å². The van der Waals surface area contributed by atoms with E-state index in [2.05, 4.69) is 0 Å². The van der Waals surface area contributed by atoms with Gasteiger partial charge in [0.2, 0.25) is 5.91 Å². The molecule has 2 fully saturated rings. The first-order valence-electron chi connectivity index (χ1n) is 8.73. The van der Waals surface area contributed by atoms with Crippen molar-refractivity contribution in [2.75, 3.05) is 20.8 Å². The SMILES string of the molecule is COC(C[C@H](C(=O)N1C(=O)OC[C@H]1Cc1ccccc1)C1CC1)OC. The summed E-state index contributed by atoms with van der Waals surface area (Å²) in [6.07, 6.45) is 2.08. The number of hydrogen-bond acceptors (Lipinski definition) is 5. The van der Waals surface area contributed by atoms with Crippen molar-refractivity contribution < 1.29 is 23.8 Å². The number of benzene rings is 1. The molecule has 136 valence electrons. The van der Waals surface area contributed by atoms with Crippen LogP contribution in [0.25, 0.3) is 0 Å². The Morgan fingerprint density at radius 1 is 1.24 bits per heavy atom. The maximum absolute atomic E-state index is 13.1. The molecular formula is C19H25NO5. The number of carbonyl (C=O) groups excluding carboxylic acids is 2. The number of imide groups is 1. The van der Waals surface area contributed by atoms with Gasteiger partial charge in [0, 0.05) is 26.6 Å². The Bertz CT molecular complexity index is 597. The highest BCUT2D eigenvalue weighted by atomic mass is 16.7. The summed E-state index contributed by atoms with van der Waals surface area (Å²) in [6, 6.07) is 9.58. The van der Waals surface area contributed by atoms with Gasteiger partial charge in [-0.3, -0.25) is 4.79 Å². The molecule has 25 heavy (non-hydrogen) atoms. The van der Waals surface area contributed by atoms with Gasteiger partial charge in [-0.25, -0.2) is 9.69 Å². The van der Waals surface area contributed by atoms with Crippen LogP contribution in [0.2, 0.25) is 0 Å². The van der Waals surface area contributed by atoms with Crippen molar-refractivity contribution in [3.05, 3.63) is 35.9 Å². The number of ether oxygens (including phenoxy) is 3. The van der Waals surface area contributed by atoms with Gasteiger partial charge in [-0.1, -0.05) is 30.3 Å². The van der Waals surface area contributed by atoms with Gasteiger partial charge in [-0.2, -0.15) is 0 Å². The number of rotatable bonds is 8. The fraction of sp³-hybridized carbons (Fsp3) is 0.579. The van der Waals surface area contributed by atoms with E-state index in [4.69, 9.17) is 14.2 Å². The second-order valence-corrected chi connectivity index (χ2v) is 6.71. The third-order valence-corrected chi connectivity index (χ3v) is 4.99. The smallest absolute Gasteiger partial charge is 0.416 e. The largest absolute Gasteiger partial charge is 0.447 e. The fourth-order valence-electron chi connectivity index (χ4n) is 3.44. The molecule has 1 aliphatic carbocycles. The van der Waals surface area contributed by atoms with E-state index in [0.29, 0.717) is 18.8 Å². The lowest BCUT2D eigenvalue weighted by atomic mass is 9.96. The van der Waals surface area contributed by atoms with Crippen molar-refractivity contribution in [2.45, 2.75) is 38.0 Å². The van der Waals surface area contributed by atoms with Crippen LogP contribution in [0.5, 0.6) is 0 Å². The van der Waals surface area contributed by atoms with Crippen LogP contribution in [0.4, 0.5) is 4.79 Å². The number of carbonyl (C=O) groups is 2. The molecule has 2 atom stereocenters. The molecule has 0 bridgehead atoms. The van der Waals surface area contributed by atoms with Crippen LogP contribution in [-0.4, -0.2) is 50.1 Å². The summed E-state index contributed by atoms with van der Waals surface area (Å²) in [7, 11) is 3.12. The third-order valence-electron chi connectivity index (χ3n) is 4.99. The van der Waals surface area contributed by atoms with Crippen LogP contribution >= 0.6 is 0 Å². The summed E-state index contributed by atoms with van der Waals surface area (Å²) in [6.45, 7) is 0.245. The first-order chi connectivity index (χ1) is 12.1. The molecule has 0 spiro atoms. The van der Waals surface area contributed by atoms with Gasteiger partial charge in [0.15, 0.2) is 6.29 Å². The summed E-state index contributed by atoms with van der Waals surface area (Å²) in [5.74, 6) is -0.134. The monoisotopic (exact) mass is 347 g/mol. The van der Waals surface area contributed by atoms with Crippen LogP contribution in [0.3, 0.4) is 0 Å². The maximum atomic E-state index is 13.1. The zero-order valence-electron chi connectivity index (χ0n) is 14.7. The highest BCUT2D eigenvalue weighted by molar-refractivity contribution is 5.95. The van der Waals surface area contributed by atoms with Crippen LogP contribution in [-0.2, 0) is 25.4 Å². The molecule has 1 heterocycles. The lowest BCUT2D eigenvalue weighted by Crippen LogP contribution is -2.45. The van der Waals surface area contributed by atoms with Crippen LogP contribution in [0.1, 0.15) is 24.8 Å². The quantitative estimate of drug-likeness (QED) is 0.676. The first kappa shape index (κ1) is 17.9. The predicted molar refractivity (Wildman–Crippen MR) is 90.8 cm³/mol. The average Bonchev–Trinajstić information content (AvgIpc) is 3.40. The minimum absolute atomic E-state index is 0.162. The molecule has 1 aliphatic heterocycles. The van der Waals surface area contributed by atoms with E-state index >= 15 is 0 Å². The van der Waals surface area contributed by atoms with E-state index < -0.39 is 12.4 Å². The van der Waals surface area contributed by atoms with Gasteiger partial charge < -0.3 is 14.2 Å². The zero-order chi connectivity index (χ0) is 17.8. The molecule has 2 aliphatic rings. The second-order valence-electron chi connectivity index (χ2n) is 6.71. The van der Waals surface area contributed by atoms with E-state index in [1.165, 1.54) is 4.90 Å². The summed E-state index contributed by atoms with van der Waals surface area (Å²) in [5, 5.41) is 0. The van der Waals surface area contributed by atoms with E-state index in [9.17, 15) is 9.59 Å². The normalized spacial score (nSPS) is 21.5. The Balaban J connectivity index is 1.73. The zero-order valence-corrected chi connectivity index (χ0v) is 14.7. The van der Waals surface area contributed by atoms with Crippen molar-refractivity contribution in [1.29, 1.82) is 0 Å². The summed E-state index contributed by atoms with van der Waals surface area (Å²) >= 11 is 0. The van der Waals surface area contributed by atoms with Crippen molar-refractivity contribution in [3.8, 4) is 0 Å². The molecule has 0 aromatic heterocycles. The Morgan fingerprint density at radius 2 is 1.92 bits per heavy atom. The molecule has 6 nitrogen and oxygen atoms in total. The van der Waals surface area contributed by atoms with Crippen molar-refractivity contribution in [1.82, 2.24) is 4.90 Å². The Morgan fingerprint density at radius 3 is 2.52 bits per heavy atom. The number of amides is 2. The van der Waals surface area contributed by atoms with E-state index in [1.54, 1.807) is 14.2 Å². The minimum atomic E-state index is -0.539. The van der Waals surface area contributed by atoms with Gasteiger partial charge >= 0.3 is 6.09 Å². The molecular weight excluding hydrogens is 322 g/mol. The summed E-state index contributed by atoms with van der Waals surface area (Å²) in [4.78, 5) is 26.6. The minimum Gasteiger partial charge on any atom is -0.447 e. The maximum Gasteiger partial charge on any atom is 0.416 e. The Hall–Kier alpha value is -1.92. The lowest BCUT2D eigenvalue weighted by Gasteiger charge is -2.27. The van der Waals surface area contributed by atoms with Crippen molar-refractivity contribution in [2.24, 2.45) is 11.8 Å². The molecule has 1 aromatic rings. The number of methoxy groups -OCH3 is 2. The molecule has 3 rings (SSSR count). The molecule has 0 radical (unpaired) electrons. The van der Waals surface area contributed by atoms with Gasteiger partial charge in [-0.15, -0.1) is 0 Å². The Labute approximate surface area is 148 Å². The molecule has 1 saturated carbocycles. The third kappa shape index (κ3) is 4.19. The first-order valence-corrected chi connectivity index (χ1v) is 8.73. The second kappa shape index (κ2) is 7.97. The van der Waals surface area contributed by atoms with Crippen LogP contribution < -0.4 is 0 Å². The predicted octanol–water partition coefficient (Wildman–Crippen LogP) is 2.61. The number of cyclic esters (lactones) is 1. The van der Waals surface area contributed by atoms with E-state index in [0.717, 1.165) is 18.4 Å². The molecule has 0 N–H and O–H groups in total. The molecule has 1 saturated heterocycles. The van der Waals surface area contributed by atoms with Crippen molar-refractivity contribution >= 4 is 12.0 Å². The standard InChI is InChI=1S/C19H25NO5/c1-23-17(24-2)11-16(14-8-9-14)18(21)20-15(12-25-19(20)22)10-13-6-4-3-5-7-13/h3-7,14-17H,8-12H2,1-2H3/t15-,16+/m1/s1.